The Morgan fingerprint density at radius 3 is 2.71 bits per heavy atom. The maximum atomic E-state index is 13.4. The first-order chi connectivity index (χ1) is 9.85. The minimum absolute atomic E-state index is 0.0106. The van der Waals surface area contributed by atoms with Crippen LogP contribution in [0.3, 0.4) is 0 Å². The Morgan fingerprint density at radius 1 is 1.43 bits per heavy atom. The first-order valence-electron chi connectivity index (χ1n) is 6.46. The molecule has 7 heteroatoms. The SMILES string of the molecule is CCC(NS(=O)(=O)c1cc(N)c(F)cc1C)c1cccs1. The summed E-state index contributed by atoms with van der Waals surface area (Å²) in [5, 5.41) is 1.90. The Morgan fingerprint density at radius 2 is 2.14 bits per heavy atom. The highest BCUT2D eigenvalue weighted by Crippen LogP contribution is 2.26. The molecule has 1 unspecified atom stereocenters. The van der Waals surface area contributed by atoms with Gasteiger partial charge in [-0.15, -0.1) is 11.3 Å². The lowest BCUT2D eigenvalue weighted by Gasteiger charge is -2.17. The number of benzene rings is 1. The summed E-state index contributed by atoms with van der Waals surface area (Å²) < 4.78 is 41.0. The van der Waals surface area contributed by atoms with Gasteiger partial charge in [-0.3, -0.25) is 0 Å². The molecule has 0 amide bonds. The summed E-state index contributed by atoms with van der Waals surface area (Å²) in [6, 6.07) is 5.75. The highest BCUT2D eigenvalue weighted by Gasteiger charge is 2.23. The quantitative estimate of drug-likeness (QED) is 0.828. The highest BCUT2D eigenvalue weighted by atomic mass is 32.2. The van der Waals surface area contributed by atoms with Crippen molar-refractivity contribution >= 4 is 27.0 Å². The van der Waals surface area contributed by atoms with Gasteiger partial charge in [-0.05, 0) is 42.5 Å². The fourth-order valence-corrected chi connectivity index (χ4v) is 4.54. The van der Waals surface area contributed by atoms with Gasteiger partial charge < -0.3 is 5.73 Å². The van der Waals surface area contributed by atoms with Crippen molar-refractivity contribution in [3.63, 3.8) is 0 Å². The standard InChI is InChI=1S/C14H17FN2O2S2/c1-3-12(13-5-4-6-20-13)17-21(18,19)14-8-11(16)10(15)7-9(14)2/h4-8,12,17H,3,16H2,1-2H3. The molecule has 0 radical (unpaired) electrons. The average molecular weight is 328 g/mol. The van der Waals surface area contributed by atoms with Crippen molar-refractivity contribution in [1.82, 2.24) is 4.72 Å². The molecular weight excluding hydrogens is 311 g/mol. The molecule has 0 bridgehead atoms. The first-order valence-corrected chi connectivity index (χ1v) is 8.82. The van der Waals surface area contributed by atoms with Gasteiger partial charge in [-0.1, -0.05) is 13.0 Å². The van der Waals surface area contributed by atoms with Gasteiger partial charge in [0.25, 0.3) is 0 Å². The fourth-order valence-electron chi connectivity index (χ4n) is 2.04. The summed E-state index contributed by atoms with van der Waals surface area (Å²) in [7, 11) is -3.76. The van der Waals surface area contributed by atoms with Gasteiger partial charge in [0.05, 0.1) is 16.6 Å². The second kappa shape index (κ2) is 6.13. The van der Waals surface area contributed by atoms with E-state index in [0.717, 1.165) is 17.0 Å². The Bertz CT molecular complexity index is 728. The van der Waals surface area contributed by atoms with Gasteiger partial charge in [-0.2, -0.15) is 0 Å². The Labute approximate surface area is 127 Å². The number of hydrogen-bond donors (Lipinski definition) is 2. The first kappa shape index (κ1) is 15.9. The topological polar surface area (TPSA) is 72.2 Å². The van der Waals surface area contributed by atoms with Crippen molar-refractivity contribution in [3.05, 3.63) is 45.9 Å². The van der Waals surface area contributed by atoms with Crippen LogP contribution in [0.4, 0.5) is 10.1 Å². The van der Waals surface area contributed by atoms with E-state index in [1.807, 2.05) is 24.4 Å². The molecule has 0 saturated heterocycles. The van der Waals surface area contributed by atoms with E-state index in [4.69, 9.17) is 5.73 Å². The third-order valence-electron chi connectivity index (χ3n) is 3.18. The molecule has 21 heavy (non-hydrogen) atoms. The summed E-state index contributed by atoms with van der Waals surface area (Å²) in [6.07, 6.45) is 0.621. The lowest BCUT2D eigenvalue weighted by atomic mass is 10.2. The highest BCUT2D eigenvalue weighted by molar-refractivity contribution is 7.89. The molecule has 0 fully saturated rings. The van der Waals surface area contributed by atoms with E-state index in [1.165, 1.54) is 11.3 Å². The third kappa shape index (κ3) is 3.42. The molecule has 114 valence electrons. The van der Waals surface area contributed by atoms with E-state index in [9.17, 15) is 12.8 Å². The number of hydrogen-bond acceptors (Lipinski definition) is 4. The van der Waals surface area contributed by atoms with E-state index in [1.54, 1.807) is 6.92 Å². The molecule has 0 aliphatic heterocycles. The molecule has 1 atom stereocenters. The Hall–Kier alpha value is -1.44. The van der Waals surface area contributed by atoms with E-state index in [2.05, 4.69) is 4.72 Å². The summed E-state index contributed by atoms with van der Waals surface area (Å²) in [6.45, 7) is 3.45. The number of aryl methyl sites for hydroxylation is 1. The van der Waals surface area contributed by atoms with Crippen molar-refractivity contribution in [2.75, 3.05) is 5.73 Å². The Kier molecular flexibility index (Phi) is 4.65. The van der Waals surface area contributed by atoms with Gasteiger partial charge in [0, 0.05) is 4.88 Å². The predicted molar refractivity (Wildman–Crippen MR) is 83.2 cm³/mol. The number of nitrogen functional groups attached to an aromatic ring is 1. The van der Waals surface area contributed by atoms with E-state index in [-0.39, 0.29) is 16.6 Å². The van der Waals surface area contributed by atoms with Crippen molar-refractivity contribution in [1.29, 1.82) is 0 Å². The normalized spacial score (nSPS) is 13.3. The molecule has 3 N–H and O–H groups in total. The lowest BCUT2D eigenvalue weighted by molar-refractivity contribution is 0.552. The number of rotatable bonds is 5. The summed E-state index contributed by atoms with van der Waals surface area (Å²) in [5.74, 6) is -0.614. The van der Waals surface area contributed by atoms with E-state index in [0.29, 0.717) is 12.0 Å². The van der Waals surface area contributed by atoms with Crippen molar-refractivity contribution in [3.8, 4) is 0 Å². The van der Waals surface area contributed by atoms with Crippen LogP contribution in [-0.2, 0) is 10.0 Å². The molecule has 1 heterocycles. The number of halogens is 1. The number of thiophene rings is 1. The van der Waals surface area contributed by atoms with Gasteiger partial charge >= 0.3 is 0 Å². The number of nitrogens with two attached hydrogens (primary N) is 1. The van der Waals surface area contributed by atoms with Crippen molar-refractivity contribution in [2.24, 2.45) is 0 Å². The van der Waals surface area contributed by atoms with Crippen LogP contribution in [0.1, 0.15) is 29.8 Å². The smallest absolute Gasteiger partial charge is 0.241 e. The molecule has 2 aromatic rings. The van der Waals surface area contributed by atoms with Gasteiger partial charge in [0.15, 0.2) is 0 Å². The molecule has 0 aliphatic rings. The molecule has 2 rings (SSSR count). The van der Waals surface area contributed by atoms with Gasteiger partial charge in [0.2, 0.25) is 10.0 Å². The van der Waals surface area contributed by atoms with Gasteiger partial charge in [0.1, 0.15) is 5.82 Å². The van der Waals surface area contributed by atoms with Crippen molar-refractivity contribution < 1.29 is 12.8 Å². The zero-order valence-electron chi connectivity index (χ0n) is 11.8. The summed E-state index contributed by atoms with van der Waals surface area (Å²) >= 11 is 1.49. The number of anilines is 1. The molecule has 1 aromatic carbocycles. The van der Waals surface area contributed by atoms with Crippen LogP contribution in [0.25, 0.3) is 0 Å². The van der Waals surface area contributed by atoms with E-state index >= 15 is 0 Å². The lowest BCUT2D eigenvalue weighted by Crippen LogP contribution is -2.28. The van der Waals surface area contributed by atoms with Crippen LogP contribution in [0, 0.1) is 12.7 Å². The van der Waals surface area contributed by atoms with Crippen LogP contribution in [0.15, 0.2) is 34.5 Å². The maximum absolute atomic E-state index is 13.4. The Balaban J connectivity index is 2.36. The molecule has 0 saturated carbocycles. The monoisotopic (exact) mass is 328 g/mol. The zero-order chi connectivity index (χ0) is 15.6. The largest absolute Gasteiger partial charge is 0.396 e. The average Bonchev–Trinajstić information content (AvgIpc) is 2.94. The zero-order valence-corrected chi connectivity index (χ0v) is 13.4. The van der Waals surface area contributed by atoms with Crippen LogP contribution < -0.4 is 10.5 Å². The van der Waals surface area contributed by atoms with Crippen LogP contribution in [0.2, 0.25) is 0 Å². The van der Waals surface area contributed by atoms with Crippen LogP contribution in [0.5, 0.6) is 0 Å². The van der Waals surface area contributed by atoms with Gasteiger partial charge in [-0.25, -0.2) is 17.5 Å². The summed E-state index contributed by atoms with van der Waals surface area (Å²) in [4.78, 5) is 0.949. The second-order valence-corrected chi connectivity index (χ2v) is 7.40. The van der Waals surface area contributed by atoms with E-state index < -0.39 is 15.8 Å². The third-order valence-corrected chi connectivity index (χ3v) is 5.78. The van der Waals surface area contributed by atoms with Crippen LogP contribution >= 0.6 is 11.3 Å². The predicted octanol–water partition coefficient (Wildman–Crippen LogP) is 3.21. The molecular formula is C14H17FN2O2S2. The number of sulfonamides is 1. The molecule has 4 nitrogen and oxygen atoms in total. The van der Waals surface area contributed by atoms with Crippen LogP contribution in [-0.4, -0.2) is 8.42 Å². The minimum Gasteiger partial charge on any atom is -0.396 e. The minimum atomic E-state index is -3.76. The van der Waals surface area contributed by atoms with Crippen molar-refractivity contribution in [2.45, 2.75) is 31.2 Å². The molecule has 0 aliphatic carbocycles. The number of nitrogens with one attached hydrogen (secondary N) is 1. The second-order valence-electron chi connectivity index (χ2n) is 4.74. The molecule has 0 spiro atoms. The maximum Gasteiger partial charge on any atom is 0.241 e. The fraction of sp³-hybridized carbons (Fsp3) is 0.286. The summed E-state index contributed by atoms with van der Waals surface area (Å²) in [5.41, 5.74) is 5.63. The molecule has 1 aromatic heterocycles.